The van der Waals surface area contributed by atoms with Crippen molar-refractivity contribution in [3.63, 3.8) is 0 Å². The lowest BCUT2D eigenvalue weighted by molar-refractivity contribution is 0.482. The maximum absolute atomic E-state index is 5.69. The van der Waals surface area contributed by atoms with Crippen molar-refractivity contribution >= 4 is 0 Å². The van der Waals surface area contributed by atoms with E-state index >= 15 is 0 Å². The molecule has 1 radical (unpaired) electrons. The lowest BCUT2D eigenvalue weighted by Gasteiger charge is -2.07. The van der Waals surface area contributed by atoms with E-state index in [-0.39, 0.29) is 0 Å². The molecule has 0 unspecified atom stereocenters. The predicted octanol–water partition coefficient (Wildman–Crippen LogP) is 3.90. The summed E-state index contributed by atoms with van der Waals surface area (Å²) in [4.78, 5) is 0. The maximum Gasteiger partial charge on any atom is 0.127 e. The Morgan fingerprint density at radius 2 is 1.60 bits per heavy atom. The van der Waals surface area contributed by atoms with Crippen molar-refractivity contribution in [2.24, 2.45) is 0 Å². The molecule has 0 aliphatic rings. The first-order valence-corrected chi connectivity index (χ1v) is 4.97. The summed E-state index contributed by atoms with van der Waals surface area (Å²) in [7, 11) is 0. The van der Waals surface area contributed by atoms with Crippen LogP contribution in [0.25, 0.3) is 0 Å². The van der Waals surface area contributed by atoms with E-state index in [1.54, 1.807) is 0 Å². The summed E-state index contributed by atoms with van der Waals surface area (Å²) >= 11 is 0. The molecule has 0 aliphatic carbocycles. The zero-order chi connectivity index (χ0) is 10.7. The lowest BCUT2D eigenvalue weighted by atomic mass is 10.1. The van der Waals surface area contributed by atoms with Gasteiger partial charge in [0, 0.05) is 0 Å². The van der Waals surface area contributed by atoms with Crippen molar-refractivity contribution in [1.82, 2.24) is 0 Å². The zero-order valence-corrected chi connectivity index (χ0v) is 8.95. The van der Waals surface area contributed by atoms with Crippen LogP contribution in [0, 0.1) is 19.9 Å². The third-order valence-electron chi connectivity index (χ3n) is 2.40. The van der Waals surface area contributed by atoms with Gasteiger partial charge >= 0.3 is 0 Å². The van der Waals surface area contributed by atoms with Gasteiger partial charge in [-0.15, -0.1) is 0 Å². The quantitative estimate of drug-likeness (QED) is 0.709. The smallest absolute Gasteiger partial charge is 0.127 e. The van der Waals surface area contributed by atoms with Crippen LogP contribution < -0.4 is 4.74 Å². The van der Waals surface area contributed by atoms with Crippen LogP contribution in [0.2, 0.25) is 0 Å². The van der Waals surface area contributed by atoms with Crippen LogP contribution in [0.5, 0.6) is 11.5 Å². The highest BCUT2D eigenvalue weighted by atomic mass is 16.5. The van der Waals surface area contributed by atoms with Crippen LogP contribution in [0.4, 0.5) is 0 Å². The Kier molecular flexibility index (Phi) is 2.72. The Bertz CT molecular complexity index is 446. The summed E-state index contributed by atoms with van der Waals surface area (Å²) < 4.78 is 5.69. The normalized spacial score (nSPS) is 10.0. The molecule has 1 heteroatoms. The van der Waals surface area contributed by atoms with Crippen molar-refractivity contribution in [3.8, 4) is 11.5 Å². The van der Waals surface area contributed by atoms with Gasteiger partial charge in [0.15, 0.2) is 0 Å². The molecule has 0 N–H and O–H groups in total. The van der Waals surface area contributed by atoms with E-state index in [1.807, 2.05) is 36.4 Å². The van der Waals surface area contributed by atoms with Gasteiger partial charge in [-0.25, -0.2) is 0 Å². The number of hydrogen-bond acceptors (Lipinski definition) is 1. The fourth-order valence-corrected chi connectivity index (χ4v) is 1.35. The standard InChI is InChI=1S/C14H13O/c1-11-8-9-14(10-12(11)2)15-13-6-4-3-5-7-13/h4-10H,1-2H3. The molecule has 0 saturated heterocycles. The van der Waals surface area contributed by atoms with E-state index in [1.165, 1.54) is 11.1 Å². The molecular formula is C14H13O. The van der Waals surface area contributed by atoms with Gasteiger partial charge in [-0.3, -0.25) is 0 Å². The highest BCUT2D eigenvalue weighted by Crippen LogP contribution is 2.22. The second-order valence-corrected chi connectivity index (χ2v) is 3.58. The second kappa shape index (κ2) is 4.18. The largest absolute Gasteiger partial charge is 0.457 e. The van der Waals surface area contributed by atoms with Gasteiger partial charge in [-0.05, 0) is 55.3 Å². The molecule has 0 aliphatic heterocycles. The number of rotatable bonds is 2. The van der Waals surface area contributed by atoms with Gasteiger partial charge in [0.2, 0.25) is 0 Å². The molecule has 0 fully saturated rings. The molecule has 0 aromatic heterocycles. The van der Waals surface area contributed by atoms with Gasteiger partial charge < -0.3 is 4.74 Å². The molecule has 0 heterocycles. The molecule has 2 rings (SSSR count). The molecule has 0 bridgehead atoms. The van der Waals surface area contributed by atoms with Gasteiger partial charge in [0.25, 0.3) is 0 Å². The van der Waals surface area contributed by atoms with Crippen molar-refractivity contribution in [1.29, 1.82) is 0 Å². The van der Waals surface area contributed by atoms with Crippen molar-refractivity contribution < 1.29 is 4.74 Å². The summed E-state index contributed by atoms with van der Waals surface area (Å²) in [5, 5.41) is 0. The summed E-state index contributed by atoms with van der Waals surface area (Å²) in [5.41, 5.74) is 2.53. The first-order valence-electron chi connectivity index (χ1n) is 4.97. The molecular weight excluding hydrogens is 184 g/mol. The Labute approximate surface area is 90.3 Å². The summed E-state index contributed by atoms with van der Waals surface area (Å²) in [6, 6.07) is 16.5. The molecule has 1 nitrogen and oxygen atoms in total. The van der Waals surface area contributed by atoms with E-state index in [9.17, 15) is 0 Å². The van der Waals surface area contributed by atoms with Crippen LogP contribution in [0.3, 0.4) is 0 Å². The first kappa shape index (κ1) is 9.78. The SMILES string of the molecule is Cc1ccc(Oc2cc[c]cc2)cc1C. The number of hydrogen-bond donors (Lipinski definition) is 0. The Morgan fingerprint density at radius 1 is 0.867 bits per heavy atom. The van der Waals surface area contributed by atoms with E-state index < -0.39 is 0 Å². The molecule has 2 aromatic rings. The van der Waals surface area contributed by atoms with Crippen LogP contribution >= 0.6 is 0 Å². The topological polar surface area (TPSA) is 9.23 Å². The third-order valence-corrected chi connectivity index (χ3v) is 2.40. The minimum absolute atomic E-state index is 0.844. The van der Waals surface area contributed by atoms with Crippen LogP contribution in [-0.2, 0) is 0 Å². The van der Waals surface area contributed by atoms with Crippen molar-refractivity contribution in [2.75, 3.05) is 0 Å². The minimum Gasteiger partial charge on any atom is -0.457 e. The third kappa shape index (κ3) is 2.38. The number of ether oxygens (including phenoxy) is 1. The van der Waals surface area contributed by atoms with Crippen LogP contribution in [0.15, 0.2) is 42.5 Å². The average molecular weight is 197 g/mol. The molecule has 75 valence electrons. The average Bonchev–Trinajstić information content (AvgIpc) is 2.25. The summed E-state index contributed by atoms with van der Waals surface area (Å²) in [6.07, 6.45) is 0. The highest BCUT2D eigenvalue weighted by molar-refractivity contribution is 5.37. The molecule has 0 atom stereocenters. The lowest BCUT2D eigenvalue weighted by Crippen LogP contribution is -1.86. The Balaban J connectivity index is 2.22. The molecule has 0 spiro atoms. The summed E-state index contributed by atoms with van der Waals surface area (Å²) in [5.74, 6) is 1.72. The molecule has 2 aromatic carbocycles. The zero-order valence-electron chi connectivity index (χ0n) is 8.95. The van der Waals surface area contributed by atoms with Gasteiger partial charge in [0.1, 0.15) is 11.5 Å². The van der Waals surface area contributed by atoms with Crippen molar-refractivity contribution in [2.45, 2.75) is 13.8 Å². The fourth-order valence-electron chi connectivity index (χ4n) is 1.35. The highest BCUT2D eigenvalue weighted by Gasteiger charge is 1.98. The van der Waals surface area contributed by atoms with Crippen molar-refractivity contribution in [3.05, 3.63) is 59.7 Å². The number of benzene rings is 2. The number of aryl methyl sites for hydroxylation is 2. The second-order valence-electron chi connectivity index (χ2n) is 3.58. The maximum atomic E-state index is 5.69. The van der Waals surface area contributed by atoms with Crippen LogP contribution in [-0.4, -0.2) is 0 Å². The minimum atomic E-state index is 0.844. The molecule has 0 saturated carbocycles. The monoisotopic (exact) mass is 197 g/mol. The molecule has 0 amide bonds. The fraction of sp³-hybridized carbons (Fsp3) is 0.143. The van der Waals surface area contributed by atoms with Gasteiger partial charge in [-0.2, -0.15) is 0 Å². The first-order chi connectivity index (χ1) is 7.25. The molecule has 15 heavy (non-hydrogen) atoms. The van der Waals surface area contributed by atoms with Gasteiger partial charge in [-0.1, -0.05) is 18.2 Å². The van der Waals surface area contributed by atoms with E-state index in [4.69, 9.17) is 4.74 Å². The summed E-state index contributed by atoms with van der Waals surface area (Å²) in [6.45, 7) is 4.18. The van der Waals surface area contributed by atoms with E-state index in [0.717, 1.165) is 11.5 Å². The van der Waals surface area contributed by atoms with Crippen LogP contribution in [0.1, 0.15) is 11.1 Å². The van der Waals surface area contributed by atoms with E-state index in [0.29, 0.717) is 0 Å². The van der Waals surface area contributed by atoms with Gasteiger partial charge in [0.05, 0.1) is 0 Å². The Morgan fingerprint density at radius 3 is 2.27 bits per heavy atom. The predicted molar refractivity (Wildman–Crippen MR) is 61.3 cm³/mol. The Hall–Kier alpha value is -1.76. The van der Waals surface area contributed by atoms with E-state index in [2.05, 4.69) is 26.0 Å².